The molecule has 0 saturated carbocycles. The Labute approximate surface area is 173 Å². The smallest absolute Gasteiger partial charge is 0.213 e. The van der Waals surface area contributed by atoms with Gasteiger partial charge in [-0.05, 0) is 38.3 Å². The van der Waals surface area contributed by atoms with Crippen LogP contribution in [0.2, 0.25) is 0 Å². The van der Waals surface area contributed by atoms with E-state index in [4.69, 9.17) is 14.2 Å². The Morgan fingerprint density at radius 2 is 2.27 bits per heavy atom. The van der Waals surface area contributed by atoms with Crippen molar-refractivity contribution in [1.29, 1.82) is 0 Å². The number of aromatic nitrogens is 1. The number of hydrogen-bond acceptors (Lipinski definition) is 5. The molecule has 0 aromatic carbocycles. The summed E-state index contributed by atoms with van der Waals surface area (Å²) in [5.41, 5.74) is 1.07. The van der Waals surface area contributed by atoms with Crippen molar-refractivity contribution in [3.05, 3.63) is 23.9 Å². The van der Waals surface area contributed by atoms with Crippen molar-refractivity contribution < 1.29 is 14.2 Å². The molecule has 1 saturated heterocycles. The molecule has 0 bridgehead atoms. The van der Waals surface area contributed by atoms with Crippen molar-refractivity contribution >= 4 is 29.9 Å². The van der Waals surface area contributed by atoms with E-state index in [0.717, 1.165) is 57.3 Å². The fourth-order valence-corrected chi connectivity index (χ4v) is 2.46. The second-order valence-corrected chi connectivity index (χ2v) is 5.77. The van der Waals surface area contributed by atoms with E-state index < -0.39 is 0 Å². The van der Waals surface area contributed by atoms with Crippen molar-refractivity contribution in [2.75, 3.05) is 39.5 Å². The summed E-state index contributed by atoms with van der Waals surface area (Å²) >= 11 is 0. The third-order valence-corrected chi connectivity index (χ3v) is 3.71. The van der Waals surface area contributed by atoms with E-state index in [9.17, 15) is 0 Å². The number of rotatable bonds is 10. The molecule has 1 aromatic heterocycles. The largest absolute Gasteiger partial charge is 0.478 e. The quantitative estimate of drug-likeness (QED) is 0.233. The molecule has 0 radical (unpaired) electrons. The Bertz CT molecular complexity index is 525. The minimum atomic E-state index is 0. The van der Waals surface area contributed by atoms with Crippen LogP contribution in [0.3, 0.4) is 0 Å². The molecule has 2 N–H and O–H groups in total. The number of nitrogens with zero attached hydrogens (tertiary/aromatic N) is 2. The molecule has 26 heavy (non-hydrogen) atoms. The second kappa shape index (κ2) is 14.0. The third kappa shape index (κ3) is 9.00. The van der Waals surface area contributed by atoms with Crippen molar-refractivity contribution in [3.8, 4) is 5.88 Å². The molecule has 2 rings (SSSR count). The van der Waals surface area contributed by atoms with Crippen molar-refractivity contribution in [2.24, 2.45) is 4.99 Å². The summed E-state index contributed by atoms with van der Waals surface area (Å²) in [7, 11) is 0. The van der Waals surface area contributed by atoms with Gasteiger partial charge in [0.1, 0.15) is 0 Å². The van der Waals surface area contributed by atoms with Crippen LogP contribution in [0.4, 0.5) is 0 Å². The number of ether oxygens (including phenoxy) is 3. The highest BCUT2D eigenvalue weighted by Gasteiger charge is 2.15. The van der Waals surface area contributed by atoms with Crippen LogP contribution in [0.5, 0.6) is 5.88 Å². The van der Waals surface area contributed by atoms with Gasteiger partial charge in [-0.15, -0.1) is 24.0 Å². The van der Waals surface area contributed by atoms with Crippen molar-refractivity contribution in [2.45, 2.75) is 39.3 Å². The van der Waals surface area contributed by atoms with Crippen LogP contribution in [0.25, 0.3) is 0 Å². The lowest BCUT2D eigenvalue weighted by Gasteiger charge is -2.13. The van der Waals surface area contributed by atoms with Gasteiger partial charge in [-0.1, -0.05) is 0 Å². The summed E-state index contributed by atoms with van der Waals surface area (Å²) in [4.78, 5) is 8.78. The predicted molar refractivity (Wildman–Crippen MR) is 113 cm³/mol. The highest BCUT2D eigenvalue weighted by Crippen LogP contribution is 2.10. The summed E-state index contributed by atoms with van der Waals surface area (Å²) in [6.07, 6.45) is 3.96. The van der Waals surface area contributed by atoms with Gasteiger partial charge in [-0.2, -0.15) is 0 Å². The molecule has 0 aliphatic carbocycles. The van der Waals surface area contributed by atoms with Crippen LogP contribution in [0, 0.1) is 0 Å². The van der Waals surface area contributed by atoms with E-state index in [2.05, 4.69) is 27.5 Å². The number of hydrogen-bond donors (Lipinski definition) is 2. The van der Waals surface area contributed by atoms with E-state index in [-0.39, 0.29) is 30.1 Å². The topological polar surface area (TPSA) is 77.0 Å². The Morgan fingerprint density at radius 3 is 3.00 bits per heavy atom. The minimum Gasteiger partial charge on any atom is -0.478 e. The van der Waals surface area contributed by atoms with Crippen LogP contribution >= 0.6 is 24.0 Å². The summed E-state index contributed by atoms with van der Waals surface area (Å²) in [6, 6.07) is 3.88. The summed E-state index contributed by atoms with van der Waals surface area (Å²) in [5.74, 6) is 1.45. The molecule has 1 unspecified atom stereocenters. The normalized spacial score (nSPS) is 16.8. The minimum absolute atomic E-state index is 0. The zero-order chi connectivity index (χ0) is 17.7. The first-order chi connectivity index (χ1) is 12.3. The number of halogens is 1. The van der Waals surface area contributed by atoms with E-state index in [1.165, 1.54) is 0 Å². The van der Waals surface area contributed by atoms with Crippen LogP contribution in [-0.2, 0) is 16.0 Å². The van der Waals surface area contributed by atoms with Gasteiger partial charge in [-0.3, -0.25) is 0 Å². The van der Waals surface area contributed by atoms with E-state index >= 15 is 0 Å². The van der Waals surface area contributed by atoms with Gasteiger partial charge in [0.25, 0.3) is 0 Å². The van der Waals surface area contributed by atoms with Gasteiger partial charge in [0.05, 0.1) is 25.9 Å². The Balaban J connectivity index is 0.00000338. The molecule has 8 heteroatoms. The molecule has 1 atom stereocenters. The number of pyridine rings is 1. The maximum atomic E-state index is 5.76. The van der Waals surface area contributed by atoms with Gasteiger partial charge in [0, 0.05) is 38.6 Å². The highest BCUT2D eigenvalue weighted by molar-refractivity contribution is 14.0. The number of guanidine groups is 1. The first-order valence-electron chi connectivity index (χ1n) is 9.11. The molecule has 1 aliphatic rings. The molecule has 1 aliphatic heterocycles. The van der Waals surface area contributed by atoms with Crippen molar-refractivity contribution in [1.82, 2.24) is 15.6 Å². The lowest BCUT2D eigenvalue weighted by molar-refractivity contribution is 0.0420. The maximum absolute atomic E-state index is 5.76. The molecule has 0 spiro atoms. The van der Waals surface area contributed by atoms with Gasteiger partial charge < -0.3 is 24.8 Å². The zero-order valence-electron chi connectivity index (χ0n) is 15.7. The Morgan fingerprint density at radius 1 is 1.38 bits per heavy atom. The zero-order valence-corrected chi connectivity index (χ0v) is 18.0. The van der Waals surface area contributed by atoms with E-state index in [0.29, 0.717) is 19.0 Å². The summed E-state index contributed by atoms with van der Waals surface area (Å²) in [6.45, 7) is 9.12. The van der Waals surface area contributed by atoms with E-state index in [1.807, 2.05) is 19.1 Å². The molecule has 2 heterocycles. The summed E-state index contributed by atoms with van der Waals surface area (Å²) in [5, 5.41) is 6.59. The van der Waals surface area contributed by atoms with Crippen molar-refractivity contribution in [3.63, 3.8) is 0 Å². The SMILES string of the molecule is CCNC(=NCc1ccnc(OCC)c1)NCCCOC1CCOC1.I. The number of nitrogens with one attached hydrogen (secondary N) is 2. The molecular weight excluding hydrogens is 447 g/mol. The van der Waals surface area contributed by atoms with Crippen LogP contribution < -0.4 is 15.4 Å². The Hall–Kier alpha value is -1.13. The first-order valence-corrected chi connectivity index (χ1v) is 9.11. The summed E-state index contributed by atoms with van der Waals surface area (Å²) < 4.78 is 16.5. The van der Waals surface area contributed by atoms with Gasteiger partial charge in [0.2, 0.25) is 5.88 Å². The fraction of sp³-hybridized carbons (Fsp3) is 0.667. The molecule has 0 amide bonds. The highest BCUT2D eigenvalue weighted by atomic mass is 127. The van der Waals surface area contributed by atoms with Gasteiger partial charge >= 0.3 is 0 Å². The average molecular weight is 478 g/mol. The maximum Gasteiger partial charge on any atom is 0.213 e. The Kier molecular flexibility index (Phi) is 12.3. The molecule has 1 fully saturated rings. The fourth-order valence-electron chi connectivity index (χ4n) is 2.46. The van der Waals surface area contributed by atoms with Crippen LogP contribution in [0.1, 0.15) is 32.3 Å². The van der Waals surface area contributed by atoms with Crippen LogP contribution in [0.15, 0.2) is 23.3 Å². The van der Waals surface area contributed by atoms with Gasteiger partial charge in [0.15, 0.2) is 5.96 Å². The average Bonchev–Trinajstić information content (AvgIpc) is 3.13. The monoisotopic (exact) mass is 478 g/mol. The number of aliphatic imine (C=N–C) groups is 1. The molecule has 1 aromatic rings. The lowest BCUT2D eigenvalue weighted by Crippen LogP contribution is -2.38. The lowest BCUT2D eigenvalue weighted by atomic mass is 10.3. The molecular formula is C18H31IN4O3. The third-order valence-electron chi connectivity index (χ3n) is 3.71. The van der Waals surface area contributed by atoms with Gasteiger partial charge in [-0.25, -0.2) is 9.98 Å². The van der Waals surface area contributed by atoms with Crippen LogP contribution in [-0.4, -0.2) is 56.6 Å². The molecule has 7 nitrogen and oxygen atoms in total. The predicted octanol–water partition coefficient (Wildman–Crippen LogP) is 2.35. The molecule has 148 valence electrons. The first kappa shape index (κ1) is 22.9. The standard InChI is InChI=1S/C18H30N4O3.HI/c1-3-19-18(21-8-5-10-25-16-7-11-23-14-16)22-13-15-6-9-20-17(12-15)24-4-2;/h6,9,12,16H,3-5,7-8,10-11,13-14H2,1-2H3,(H2,19,21,22);1H. The van der Waals surface area contributed by atoms with E-state index in [1.54, 1.807) is 6.20 Å². The second-order valence-electron chi connectivity index (χ2n) is 5.77.